The Kier molecular flexibility index (Phi) is 3.12. The van der Waals surface area contributed by atoms with Crippen LogP contribution in [-0.4, -0.2) is 30.7 Å². The van der Waals surface area contributed by atoms with Crippen LogP contribution >= 0.6 is 0 Å². The van der Waals surface area contributed by atoms with Crippen molar-refractivity contribution in [3.05, 3.63) is 48.0 Å². The van der Waals surface area contributed by atoms with Crippen molar-refractivity contribution in [2.24, 2.45) is 0 Å². The molecule has 2 aromatic rings. The topological polar surface area (TPSA) is 57.5 Å². The third-order valence-electron chi connectivity index (χ3n) is 5.02. The maximum absolute atomic E-state index is 14.3. The van der Waals surface area contributed by atoms with Crippen LogP contribution in [0.4, 0.5) is 4.39 Å². The lowest BCUT2D eigenvalue weighted by Crippen LogP contribution is -2.35. The first-order chi connectivity index (χ1) is 11.1. The fourth-order valence-electron chi connectivity index (χ4n) is 3.14. The minimum Gasteiger partial charge on any atom is -0.399 e. The number of aromatic nitrogens is 1. The maximum atomic E-state index is 14.3. The van der Waals surface area contributed by atoms with Crippen molar-refractivity contribution in [3.8, 4) is 0 Å². The number of nitrogens with zero attached hydrogens (tertiary/aromatic N) is 1. The molecule has 2 heterocycles. The van der Waals surface area contributed by atoms with Crippen molar-refractivity contribution < 1.29 is 22.1 Å². The molecule has 0 N–H and O–H groups in total. The van der Waals surface area contributed by atoms with Gasteiger partial charge in [0.25, 0.3) is 10.0 Å². The van der Waals surface area contributed by atoms with Gasteiger partial charge in [-0.05, 0) is 39.0 Å². The highest BCUT2D eigenvalue weighted by atomic mass is 32.2. The van der Waals surface area contributed by atoms with Gasteiger partial charge in [-0.15, -0.1) is 0 Å². The number of aryl methyl sites for hydroxylation is 1. The van der Waals surface area contributed by atoms with Gasteiger partial charge in [0.2, 0.25) is 5.95 Å². The molecule has 4 rings (SSSR count). The molecule has 1 saturated carbocycles. The molecule has 1 saturated heterocycles. The largest absolute Gasteiger partial charge is 0.496 e. The number of fused-ring (bicyclic) bond motifs is 1. The summed E-state index contributed by atoms with van der Waals surface area (Å²) in [7, 11) is -4.75. The Morgan fingerprint density at radius 3 is 2.33 bits per heavy atom. The monoisotopic (exact) mass is 349 g/mol. The first-order valence-electron chi connectivity index (χ1n) is 7.70. The Morgan fingerprint density at radius 2 is 1.75 bits per heavy atom. The van der Waals surface area contributed by atoms with E-state index in [4.69, 9.17) is 9.31 Å². The van der Waals surface area contributed by atoms with E-state index in [2.05, 4.69) is 0 Å². The molecular weight excluding hydrogens is 332 g/mol. The van der Waals surface area contributed by atoms with E-state index in [-0.39, 0.29) is 16.1 Å². The van der Waals surface area contributed by atoms with Crippen LogP contribution < -0.4 is 5.46 Å². The van der Waals surface area contributed by atoms with Crippen LogP contribution in [0, 0.1) is 12.9 Å². The smallest absolute Gasteiger partial charge is 0.399 e. The van der Waals surface area contributed by atoms with E-state index in [1.807, 2.05) is 20.8 Å². The normalized spacial score (nSPS) is 28.9. The molecule has 2 fully saturated rings. The average Bonchev–Trinajstić information content (AvgIpc) is 2.80. The van der Waals surface area contributed by atoms with E-state index in [9.17, 15) is 12.8 Å². The summed E-state index contributed by atoms with van der Waals surface area (Å²) in [5.41, 5.74) is 0.520. The summed E-state index contributed by atoms with van der Waals surface area (Å²) in [5, 5.41) is 0. The van der Waals surface area contributed by atoms with Gasteiger partial charge in [-0.25, -0.2) is 12.4 Å². The Morgan fingerprint density at radius 1 is 1.17 bits per heavy atom. The van der Waals surface area contributed by atoms with E-state index >= 15 is 0 Å². The van der Waals surface area contributed by atoms with Gasteiger partial charge in [0.05, 0.1) is 16.1 Å². The van der Waals surface area contributed by atoms with Gasteiger partial charge in [-0.1, -0.05) is 17.7 Å². The van der Waals surface area contributed by atoms with Crippen LogP contribution in [0.5, 0.6) is 0 Å². The van der Waals surface area contributed by atoms with E-state index < -0.39 is 23.1 Å². The van der Waals surface area contributed by atoms with Crippen LogP contribution in [0.2, 0.25) is 0 Å². The van der Waals surface area contributed by atoms with Gasteiger partial charge in [0.15, 0.2) is 0 Å². The maximum Gasteiger partial charge on any atom is 0.496 e. The highest BCUT2D eigenvalue weighted by Crippen LogP contribution is 2.58. The van der Waals surface area contributed by atoms with Gasteiger partial charge in [0.1, 0.15) is 0 Å². The molecule has 0 radical (unpaired) electrons. The Hall–Kier alpha value is -1.64. The zero-order valence-electron chi connectivity index (χ0n) is 13.6. The molecule has 8 heteroatoms. The summed E-state index contributed by atoms with van der Waals surface area (Å²) < 4.78 is 51.8. The zero-order valence-corrected chi connectivity index (χ0v) is 14.4. The van der Waals surface area contributed by atoms with Crippen molar-refractivity contribution in [2.45, 2.75) is 43.3 Å². The Labute approximate surface area is 140 Å². The second-order valence-corrected chi connectivity index (χ2v) is 8.73. The first kappa shape index (κ1) is 15.9. The van der Waals surface area contributed by atoms with Gasteiger partial charge in [-0.3, -0.25) is 0 Å². The summed E-state index contributed by atoms with van der Waals surface area (Å²) in [4.78, 5) is 0.0316. The molecule has 1 aromatic heterocycles. The molecule has 0 spiro atoms. The van der Waals surface area contributed by atoms with Crippen molar-refractivity contribution >= 4 is 22.6 Å². The van der Waals surface area contributed by atoms with Crippen LogP contribution in [-0.2, 0) is 19.3 Å². The molecule has 2 unspecified atom stereocenters. The second-order valence-electron chi connectivity index (χ2n) is 6.92. The zero-order chi connectivity index (χ0) is 17.3. The van der Waals surface area contributed by atoms with E-state index in [1.165, 1.54) is 18.3 Å². The summed E-state index contributed by atoms with van der Waals surface area (Å²) in [6, 6.07) is 7.42. The lowest BCUT2D eigenvalue weighted by atomic mass is 9.81. The van der Waals surface area contributed by atoms with Crippen molar-refractivity contribution in [1.82, 2.24) is 3.97 Å². The standard InChI is InChI=1S/C16H17BFNO4S/c1-11-4-6-13(7-5-11)24(20,21)19-9-12(8-14(19)18)17-22-15(2)10-16(15,3)23-17/h4-9H,10H2,1-3H3. The predicted molar refractivity (Wildman–Crippen MR) is 87.1 cm³/mol. The molecule has 5 nitrogen and oxygen atoms in total. The van der Waals surface area contributed by atoms with E-state index in [0.29, 0.717) is 9.44 Å². The number of hydrogen-bond acceptors (Lipinski definition) is 4. The highest BCUT2D eigenvalue weighted by Gasteiger charge is 2.71. The van der Waals surface area contributed by atoms with Gasteiger partial charge < -0.3 is 9.31 Å². The summed E-state index contributed by atoms with van der Waals surface area (Å²) in [6.45, 7) is 5.72. The quantitative estimate of drug-likeness (QED) is 0.794. The first-order valence-corrected chi connectivity index (χ1v) is 9.14. The number of halogens is 1. The molecule has 2 atom stereocenters. The SMILES string of the molecule is Cc1ccc(S(=O)(=O)n2cc(B3OC4(C)CC4(C)O3)cc2F)cc1. The number of hydrogen-bond donors (Lipinski definition) is 0. The summed E-state index contributed by atoms with van der Waals surface area (Å²) >= 11 is 0. The minimum atomic E-state index is -4.00. The van der Waals surface area contributed by atoms with Crippen molar-refractivity contribution in [3.63, 3.8) is 0 Å². The summed E-state index contributed by atoms with van der Waals surface area (Å²) in [5.74, 6) is -0.867. The molecule has 1 aromatic carbocycles. The fourth-order valence-corrected chi connectivity index (χ4v) is 4.39. The lowest BCUT2D eigenvalue weighted by molar-refractivity contribution is 0.187. The second kappa shape index (κ2) is 4.71. The highest BCUT2D eigenvalue weighted by molar-refractivity contribution is 7.90. The van der Waals surface area contributed by atoms with Crippen molar-refractivity contribution in [1.29, 1.82) is 0 Å². The summed E-state index contributed by atoms with van der Waals surface area (Å²) in [6.07, 6.45) is 2.01. The fraction of sp³-hybridized carbons (Fsp3) is 0.375. The van der Waals surface area contributed by atoms with Gasteiger partial charge >= 0.3 is 7.12 Å². The van der Waals surface area contributed by atoms with Crippen LogP contribution in [0.1, 0.15) is 25.8 Å². The van der Waals surface area contributed by atoms with Crippen molar-refractivity contribution in [2.75, 3.05) is 0 Å². The Balaban J connectivity index is 1.68. The molecular formula is C16H17BFNO4S. The third-order valence-corrected chi connectivity index (χ3v) is 6.68. The van der Waals surface area contributed by atoms with Crippen LogP contribution in [0.3, 0.4) is 0 Å². The van der Waals surface area contributed by atoms with E-state index in [0.717, 1.165) is 18.1 Å². The molecule has 0 bridgehead atoms. The molecule has 24 heavy (non-hydrogen) atoms. The van der Waals surface area contributed by atoms with E-state index in [1.54, 1.807) is 12.1 Å². The van der Waals surface area contributed by atoms with Crippen LogP contribution in [0.25, 0.3) is 0 Å². The van der Waals surface area contributed by atoms with Gasteiger partial charge in [0, 0.05) is 18.1 Å². The molecule has 1 aliphatic carbocycles. The average molecular weight is 349 g/mol. The number of rotatable bonds is 3. The predicted octanol–water partition coefficient (Wildman–Crippen LogP) is 1.84. The lowest BCUT2D eigenvalue weighted by Gasteiger charge is -2.09. The third kappa shape index (κ3) is 2.17. The molecule has 126 valence electrons. The van der Waals surface area contributed by atoms with Gasteiger partial charge in [-0.2, -0.15) is 4.39 Å². The Bertz CT molecular complexity index is 910. The minimum absolute atomic E-state index is 0.0316. The molecule has 1 aliphatic heterocycles. The number of benzene rings is 1. The molecule has 0 amide bonds. The van der Waals surface area contributed by atoms with Crippen LogP contribution in [0.15, 0.2) is 41.4 Å². The molecule has 2 aliphatic rings.